The third kappa shape index (κ3) is 3.73. The Morgan fingerprint density at radius 3 is 2.95 bits per heavy atom. The van der Waals surface area contributed by atoms with Crippen LogP contribution in [-0.4, -0.2) is 42.0 Å². The lowest BCUT2D eigenvalue weighted by molar-refractivity contribution is 0.0948. The Hall–Kier alpha value is -1.50. The summed E-state index contributed by atoms with van der Waals surface area (Å²) in [5.74, 6) is 4.76. The minimum absolute atomic E-state index is 0.355. The molecule has 1 aliphatic rings. The van der Waals surface area contributed by atoms with Crippen molar-refractivity contribution in [1.29, 1.82) is 0 Å². The smallest absolute Gasteiger partial charge is 0.283 e. The molecule has 19 heavy (non-hydrogen) atoms. The molecular weight excluding hydrogens is 242 g/mol. The van der Waals surface area contributed by atoms with Gasteiger partial charge in [-0.05, 0) is 45.1 Å². The first kappa shape index (κ1) is 13.9. The lowest BCUT2D eigenvalue weighted by atomic mass is 10.1. The normalized spacial score (nSPS) is 16.6. The van der Waals surface area contributed by atoms with Crippen molar-refractivity contribution in [2.45, 2.75) is 25.4 Å². The molecule has 6 nitrogen and oxygen atoms in total. The lowest BCUT2D eigenvalue weighted by Crippen LogP contribution is -2.40. The number of hydrazine groups is 1. The summed E-state index contributed by atoms with van der Waals surface area (Å²) in [6.07, 6.45) is 2.30. The van der Waals surface area contributed by atoms with E-state index in [4.69, 9.17) is 5.84 Å². The molecule has 6 heteroatoms. The predicted molar refractivity (Wildman–Crippen MR) is 73.2 cm³/mol. The number of hydrogen-bond acceptors (Lipinski definition) is 5. The highest BCUT2D eigenvalue weighted by atomic mass is 16.2. The number of piperidine rings is 1. The molecule has 0 spiro atoms. The van der Waals surface area contributed by atoms with Crippen molar-refractivity contribution < 1.29 is 4.79 Å². The van der Waals surface area contributed by atoms with Crippen LogP contribution in [0.3, 0.4) is 0 Å². The van der Waals surface area contributed by atoms with E-state index in [-0.39, 0.29) is 5.91 Å². The molecule has 0 radical (unpaired) electrons. The Morgan fingerprint density at radius 2 is 2.26 bits per heavy atom. The van der Waals surface area contributed by atoms with Crippen LogP contribution in [0.15, 0.2) is 18.2 Å². The zero-order chi connectivity index (χ0) is 13.7. The summed E-state index contributed by atoms with van der Waals surface area (Å²) in [7, 11) is 2.10. The van der Waals surface area contributed by atoms with Crippen LogP contribution in [0.25, 0.3) is 0 Å². The molecule has 1 aromatic heterocycles. The van der Waals surface area contributed by atoms with Gasteiger partial charge in [-0.3, -0.25) is 15.1 Å². The van der Waals surface area contributed by atoms with Crippen LogP contribution < -0.4 is 16.6 Å². The Labute approximate surface area is 113 Å². The molecule has 0 saturated carbocycles. The van der Waals surface area contributed by atoms with Gasteiger partial charge in [-0.2, -0.15) is 0 Å². The third-order valence-corrected chi connectivity index (χ3v) is 3.51. The zero-order valence-electron chi connectivity index (χ0n) is 11.2. The van der Waals surface area contributed by atoms with Gasteiger partial charge in [0.05, 0.1) is 5.69 Å². The molecule has 1 fully saturated rings. The van der Waals surface area contributed by atoms with Crippen molar-refractivity contribution in [2.24, 2.45) is 5.84 Å². The number of amides is 1. The maximum atomic E-state index is 11.4. The van der Waals surface area contributed by atoms with Crippen LogP contribution >= 0.6 is 0 Å². The fourth-order valence-electron chi connectivity index (χ4n) is 2.40. The number of nitrogens with two attached hydrogens (primary N) is 1. The number of rotatable bonds is 4. The number of carbonyl (C=O) groups excluding carboxylic acids is 1. The first-order chi connectivity index (χ1) is 9.20. The third-order valence-electron chi connectivity index (χ3n) is 3.51. The van der Waals surface area contributed by atoms with E-state index in [1.807, 2.05) is 12.1 Å². The quantitative estimate of drug-likeness (QED) is 0.400. The summed E-state index contributed by atoms with van der Waals surface area (Å²) >= 11 is 0. The van der Waals surface area contributed by atoms with E-state index >= 15 is 0 Å². The van der Waals surface area contributed by atoms with Crippen LogP contribution in [0, 0.1) is 0 Å². The van der Waals surface area contributed by atoms with Crippen LogP contribution in [0.2, 0.25) is 0 Å². The highest BCUT2D eigenvalue weighted by molar-refractivity contribution is 5.91. The van der Waals surface area contributed by atoms with Crippen molar-refractivity contribution in [3.63, 3.8) is 0 Å². The van der Waals surface area contributed by atoms with E-state index in [9.17, 15) is 4.79 Å². The van der Waals surface area contributed by atoms with E-state index in [2.05, 4.69) is 27.7 Å². The minimum Gasteiger partial charge on any atom is -0.317 e. The Balaban J connectivity index is 1.99. The first-order valence-electron chi connectivity index (χ1n) is 6.58. The molecule has 2 rings (SSSR count). The van der Waals surface area contributed by atoms with E-state index in [1.165, 1.54) is 0 Å². The largest absolute Gasteiger partial charge is 0.317 e. The highest BCUT2D eigenvalue weighted by Gasteiger charge is 2.18. The van der Waals surface area contributed by atoms with E-state index in [0.717, 1.165) is 38.2 Å². The predicted octanol–water partition coefficient (Wildman–Crippen LogP) is -0.131. The molecular formula is C13H21N5O. The molecule has 0 bridgehead atoms. The minimum atomic E-state index is -0.355. The van der Waals surface area contributed by atoms with Gasteiger partial charge >= 0.3 is 0 Å². The lowest BCUT2D eigenvalue weighted by Gasteiger charge is -2.31. The number of nitrogens with zero attached hydrogens (tertiary/aromatic N) is 2. The van der Waals surface area contributed by atoms with E-state index < -0.39 is 0 Å². The number of nitrogen functional groups attached to an aromatic ring is 1. The van der Waals surface area contributed by atoms with Gasteiger partial charge in [0.25, 0.3) is 5.91 Å². The van der Waals surface area contributed by atoms with Crippen molar-refractivity contribution in [3.05, 3.63) is 29.6 Å². The van der Waals surface area contributed by atoms with Gasteiger partial charge in [0.2, 0.25) is 0 Å². The molecule has 1 saturated heterocycles. The van der Waals surface area contributed by atoms with Crippen LogP contribution in [0.5, 0.6) is 0 Å². The van der Waals surface area contributed by atoms with Crippen LogP contribution in [0.4, 0.5) is 0 Å². The molecule has 1 amide bonds. The maximum absolute atomic E-state index is 11.4. The fraction of sp³-hybridized carbons (Fsp3) is 0.538. The number of pyridine rings is 1. The van der Waals surface area contributed by atoms with Crippen molar-refractivity contribution in [2.75, 3.05) is 20.1 Å². The summed E-state index contributed by atoms with van der Waals surface area (Å²) in [6, 6.07) is 6.01. The maximum Gasteiger partial charge on any atom is 0.283 e. The van der Waals surface area contributed by atoms with Crippen LogP contribution in [-0.2, 0) is 6.54 Å². The Kier molecular flexibility index (Phi) is 4.84. The molecule has 1 aromatic rings. The van der Waals surface area contributed by atoms with Crippen molar-refractivity contribution in [3.8, 4) is 0 Å². The Bertz CT molecular complexity index is 431. The summed E-state index contributed by atoms with van der Waals surface area (Å²) in [4.78, 5) is 18.1. The summed E-state index contributed by atoms with van der Waals surface area (Å²) in [6.45, 7) is 2.88. The van der Waals surface area contributed by atoms with Crippen molar-refractivity contribution in [1.82, 2.24) is 20.6 Å². The zero-order valence-corrected chi connectivity index (χ0v) is 11.2. The number of hydrogen-bond donors (Lipinski definition) is 3. The molecule has 1 aliphatic heterocycles. The van der Waals surface area contributed by atoms with Gasteiger partial charge < -0.3 is 5.32 Å². The molecule has 104 valence electrons. The van der Waals surface area contributed by atoms with Gasteiger partial charge in [-0.15, -0.1) is 0 Å². The standard InChI is InChI=1S/C13H21N5O/c1-18(11-5-7-15-8-6-11)9-10-3-2-4-12(16-10)13(19)17-14/h2-4,11,15H,5-9,14H2,1H3,(H,17,19). The molecule has 0 atom stereocenters. The van der Waals surface area contributed by atoms with Crippen molar-refractivity contribution >= 4 is 5.91 Å². The summed E-state index contributed by atoms with van der Waals surface area (Å²) in [5, 5.41) is 3.36. The summed E-state index contributed by atoms with van der Waals surface area (Å²) in [5.41, 5.74) is 3.35. The Morgan fingerprint density at radius 1 is 1.53 bits per heavy atom. The molecule has 0 aromatic carbocycles. The highest BCUT2D eigenvalue weighted by Crippen LogP contribution is 2.12. The van der Waals surface area contributed by atoms with E-state index in [1.54, 1.807) is 6.07 Å². The van der Waals surface area contributed by atoms with Crippen LogP contribution in [0.1, 0.15) is 29.0 Å². The second-order valence-electron chi connectivity index (χ2n) is 4.88. The molecule has 0 unspecified atom stereocenters. The second kappa shape index (κ2) is 6.60. The summed E-state index contributed by atoms with van der Waals surface area (Å²) < 4.78 is 0. The van der Waals surface area contributed by atoms with Gasteiger partial charge in [0.15, 0.2) is 0 Å². The van der Waals surface area contributed by atoms with Gasteiger partial charge in [-0.25, -0.2) is 10.8 Å². The fourth-order valence-corrected chi connectivity index (χ4v) is 2.40. The topological polar surface area (TPSA) is 83.3 Å². The van der Waals surface area contributed by atoms with E-state index in [0.29, 0.717) is 11.7 Å². The molecule has 0 aliphatic carbocycles. The molecule has 4 N–H and O–H groups in total. The second-order valence-corrected chi connectivity index (χ2v) is 4.88. The van der Waals surface area contributed by atoms with Gasteiger partial charge in [0, 0.05) is 12.6 Å². The monoisotopic (exact) mass is 263 g/mol. The number of carbonyl (C=O) groups is 1. The first-order valence-corrected chi connectivity index (χ1v) is 6.58. The average molecular weight is 263 g/mol. The number of nitrogens with one attached hydrogen (secondary N) is 2. The average Bonchev–Trinajstić information content (AvgIpc) is 2.47. The van der Waals surface area contributed by atoms with Gasteiger partial charge in [-0.1, -0.05) is 6.07 Å². The van der Waals surface area contributed by atoms with Gasteiger partial charge in [0.1, 0.15) is 5.69 Å². The number of aromatic nitrogens is 1. The molecule has 2 heterocycles. The SMILES string of the molecule is CN(Cc1cccc(C(=O)NN)n1)C1CCNCC1.